The van der Waals surface area contributed by atoms with Crippen LogP contribution in [0.25, 0.3) is 0 Å². The quantitative estimate of drug-likeness (QED) is 0.718. The van der Waals surface area contributed by atoms with Crippen LogP contribution in [0.5, 0.6) is 0 Å². The van der Waals surface area contributed by atoms with Gasteiger partial charge in [-0.3, -0.25) is 14.0 Å². The molecule has 0 bridgehead atoms. The van der Waals surface area contributed by atoms with Crippen LogP contribution in [-0.4, -0.2) is 41.0 Å². The summed E-state index contributed by atoms with van der Waals surface area (Å²) in [5, 5.41) is 4.54. The molecule has 2 heterocycles. The first-order chi connectivity index (χ1) is 10.0. The van der Waals surface area contributed by atoms with Crippen molar-refractivity contribution in [2.24, 2.45) is 0 Å². The number of rotatable bonds is 7. The minimum Gasteiger partial charge on any atom is -0.298 e. The SMILES string of the molecule is C.C#CC(=C)CC1(n2cc(C(C)C)cn2)CN(CCCF)C1. The lowest BCUT2D eigenvalue weighted by Crippen LogP contribution is -2.63. The van der Waals surface area contributed by atoms with Gasteiger partial charge in [-0.1, -0.05) is 33.8 Å². The lowest BCUT2D eigenvalue weighted by Gasteiger charge is -2.50. The molecule has 2 rings (SSSR count). The van der Waals surface area contributed by atoms with Crippen molar-refractivity contribution in [1.82, 2.24) is 14.7 Å². The summed E-state index contributed by atoms with van der Waals surface area (Å²) in [6.45, 7) is 10.5. The van der Waals surface area contributed by atoms with Gasteiger partial charge in [0.25, 0.3) is 0 Å². The summed E-state index contributed by atoms with van der Waals surface area (Å²) >= 11 is 0. The minimum absolute atomic E-state index is 0. The van der Waals surface area contributed by atoms with Crippen LogP contribution in [0.4, 0.5) is 4.39 Å². The number of hydrogen-bond acceptors (Lipinski definition) is 2. The third-order valence-corrected chi connectivity index (χ3v) is 4.15. The topological polar surface area (TPSA) is 21.1 Å². The minimum atomic E-state index is -0.264. The van der Waals surface area contributed by atoms with Crippen LogP contribution in [-0.2, 0) is 5.54 Å². The third kappa shape index (κ3) is 3.78. The Morgan fingerprint density at radius 3 is 2.73 bits per heavy atom. The maximum absolute atomic E-state index is 12.3. The highest BCUT2D eigenvalue weighted by Gasteiger charge is 2.45. The number of likely N-dealkylation sites (tertiary alicyclic amines) is 1. The maximum atomic E-state index is 12.3. The molecule has 0 N–H and O–H groups in total. The molecule has 1 aliphatic rings. The largest absolute Gasteiger partial charge is 0.298 e. The summed E-state index contributed by atoms with van der Waals surface area (Å²) in [5.74, 6) is 3.09. The van der Waals surface area contributed by atoms with E-state index in [1.165, 1.54) is 5.56 Å². The van der Waals surface area contributed by atoms with Crippen LogP contribution < -0.4 is 0 Å². The second kappa shape index (κ2) is 7.60. The molecule has 0 aliphatic carbocycles. The molecule has 0 spiro atoms. The summed E-state index contributed by atoms with van der Waals surface area (Å²) < 4.78 is 14.3. The van der Waals surface area contributed by atoms with Crippen molar-refractivity contribution in [1.29, 1.82) is 0 Å². The predicted octanol–water partition coefficient (Wildman–Crippen LogP) is 3.59. The molecule has 4 heteroatoms. The van der Waals surface area contributed by atoms with E-state index in [-0.39, 0.29) is 19.6 Å². The number of allylic oxidation sites excluding steroid dienone is 1. The van der Waals surface area contributed by atoms with Crippen molar-refractivity contribution in [2.75, 3.05) is 26.3 Å². The van der Waals surface area contributed by atoms with Gasteiger partial charge in [0.2, 0.25) is 0 Å². The summed E-state index contributed by atoms with van der Waals surface area (Å²) in [6, 6.07) is 0. The lowest BCUT2D eigenvalue weighted by atomic mass is 9.83. The molecule has 0 amide bonds. The van der Waals surface area contributed by atoms with Gasteiger partial charge < -0.3 is 0 Å². The zero-order chi connectivity index (χ0) is 15.5. The average Bonchev–Trinajstić information content (AvgIpc) is 2.91. The van der Waals surface area contributed by atoms with Crippen molar-refractivity contribution in [3.05, 3.63) is 30.1 Å². The lowest BCUT2D eigenvalue weighted by molar-refractivity contribution is 0.00117. The number of halogens is 1. The molecule has 1 saturated heterocycles. The first-order valence-corrected chi connectivity index (χ1v) is 7.48. The third-order valence-electron chi connectivity index (χ3n) is 4.15. The van der Waals surface area contributed by atoms with Gasteiger partial charge in [-0.2, -0.15) is 5.10 Å². The van der Waals surface area contributed by atoms with Crippen molar-refractivity contribution >= 4 is 0 Å². The van der Waals surface area contributed by atoms with Crippen LogP contribution in [0.1, 0.15) is 45.6 Å². The first-order valence-electron chi connectivity index (χ1n) is 7.48. The number of terminal acetylenes is 1. The molecule has 0 aromatic carbocycles. The number of alkyl halides is 1. The van der Waals surface area contributed by atoms with E-state index in [9.17, 15) is 4.39 Å². The summed E-state index contributed by atoms with van der Waals surface area (Å²) in [6.07, 6.45) is 10.8. The van der Waals surface area contributed by atoms with E-state index >= 15 is 0 Å². The fraction of sp³-hybridized carbons (Fsp3) is 0.611. The molecular weight excluding hydrogens is 277 g/mol. The highest BCUT2D eigenvalue weighted by atomic mass is 19.1. The fourth-order valence-corrected chi connectivity index (χ4v) is 2.91. The fourth-order valence-electron chi connectivity index (χ4n) is 2.91. The van der Waals surface area contributed by atoms with Gasteiger partial charge in [0, 0.05) is 32.3 Å². The van der Waals surface area contributed by atoms with Gasteiger partial charge >= 0.3 is 0 Å². The normalized spacial score (nSPS) is 16.7. The van der Waals surface area contributed by atoms with E-state index in [2.05, 4.69) is 42.5 Å². The molecule has 1 fully saturated rings. The van der Waals surface area contributed by atoms with Crippen LogP contribution in [0, 0.1) is 12.3 Å². The molecule has 1 aromatic heterocycles. The molecule has 0 saturated carbocycles. The van der Waals surface area contributed by atoms with E-state index in [0.29, 0.717) is 12.3 Å². The second-order valence-corrected chi connectivity index (χ2v) is 6.28. The molecule has 0 unspecified atom stereocenters. The zero-order valence-corrected chi connectivity index (χ0v) is 13.0. The smallest absolute Gasteiger partial charge is 0.0926 e. The first kappa shape index (κ1) is 18.4. The van der Waals surface area contributed by atoms with Crippen LogP contribution in [0.3, 0.4) is 0 Å². The Morgan fingerprint density at radius 1 is 1.55 bits per heavy atom. The van der Waals surface area contributed by atoms with Gasteiger partial charge in [-0.25, -0.2) is 0 Å². The Balaban J connectivity index is 0.00000242. The standard InChI is InChI=1S/C17H24FN3.CH4/c1-5-15(4)9-17(12-20(13-17)8-6-7-18)21-11-16(10-19-21)14(2)3;/h1,10-11,14H,4,6-9,12-13H2,2-3H3;1H4. The predicted molar refractivity (Wildman–Crippen MR) is 90.6 cm³/mol. The van der Waals surface area contributed by atoms with Crippen LogP contribution >= 0.6 is 0 Å². The van der Waals surface area contributed by atoms with Crippen molar-refractivity contribution in [3.8, 4) is 12.3 Å². The van der Waals surface area contributed by atoms with E-state index < -0.39 is 0 Å². The monoisotopic (exact) mass is 305 g/mol. The van der Waals surface area contributed by atoms with Gasteiger partial charge in [-0.05, 0) is 23.5 Å². The van der Waals surface area contributed by atoms with E-state index in [0.717, 1.165) is 31.6 Å². The van der Waals surface area contributed by atoms with Crippen LogP contribution in [0.2, 0.25) is 0 Å². The van der Waals surface area contributed by atoms with Crippen molar-refractivity contribution < 1.29 is 4.39 Å². The summed E-state index contributed by atoms with van der Waals surface area (Å²) in [5.41, 5.74) is 1.90. The molecule has 122 valence electrons. The summed E-state index contributed by atoms with van der Waals surface area (Å²) in [7, 11) is 0. The Hall–Kier alpha value is -1.60. The Labute approximate surface area is 134 Å². The van der Waals surface area contributed by atoms with E-state index in [1.807, 2.05) is 10.9 Å². The van der Waals surface area contributed by atoms with E-state index in [1.54, 1.807) is 0 Å². The van der Waals surface area contributed by atoms with Crippen molar-refractivity contribution in [3.63, 3.8) is 0 Å². The maximum Gasteiger partial charge on any atom is 0.0926 e. The van der Waals surface area contributed by atoms with Gasteiger partial charge in [0.05, 0.1) is 18.4 Å². The number of hydrogen-bond donors (Lipinski definition) is 0. The Morgan fingerprint density at radius 2 is 2.23 bits per heavy atom. The molecule has 0 atom stereocenters. The van der Waals surface area contributed by atoms with Gasteiger partial charge in [0.1, 0.15) is 0 Å². The molecule has 1 aromatic rings. The Bertz CT molecular complexity index is 533. The molecule has 0 radical (unpaired) electrons. The van der Waals surface area contributed by atoms with Gasteiger partial charge in [-0.15, -0.1) is 6.42 Å². The highest BCUT2D eigenvalue weighted by molar-refractivity contribution is 5.26. The number of nitrogens with zero attached hydrogens (tertiary/aromatic N) is 3. The molecular formula is C18H28FN3. The van der Waals surface area contributed by atoms with Crippen LogP contribution in [0.15, 0.2) is 24.5 Å². The average molecular weight is 305 g/mol. The zero-order valence-electron chi connectivity index (χ0n) is 13.0. The van der Waals surface area contributed by atoms with Gasteiger partial charge in [0.15, 0.2) is 0 Å². The molecule has 3 nitrogen and oxygen atoms in total. The van der Waals surface area contributed by atoms with E-state index in [4.69, 9.17) is 6.42 Å². The summed E-state index contributed by atoms with van der Waals surface area (Å²) in [4.78, 5) is 2.25. The number of aromatic nitrogens is 2. The Kier molecular flexibility index (Phi) is 6.37. The second-order valence-electron chi connectivity index (χ2n) is 6.28. The highest BCUT2D eigenvalue weighted by Crippen LogP contribution is 2.35. The molecule has 1 aliphatic heterocycles. The van der Waals surface area contributed by atoms with Crippen molar-refractivity contribution in [2.45, 2.75) is 45.6 Å². The molecule has 22 heavy (non-hydrogen) atoms.